The molecular formula is C9H10BrN3O4S. The number of ketones is 1. The van der Waals surface area contributed by atoms with Gasteiger partial charge in [-0.1, -0.05) is 0 Å². The Balaban J connectivity index is 3.10. The lowest BCUT2D eigenvalue weighted by atomic mass is 10.3. The van der Waals surface area contributed by atoms with Crippen LogP contribution in [0.4, 0.5) is 5.82 Å². The Morgan fingerprint density at radius 3 is 2.61 bits per heavy atom. The van der Waals surface area contributed by atoms with Crippen molar-refractivity contribution in [2.24, 2.45) is 5.14 Å². The van der Waals surface area contributed by atoms with Gasteiger partial charge >= 0.3 is 0 Å². The second kappa shape index (κ2) is 5.55. The third kappa shape index (κ3) is 4.17. The number of nitrogens with one attached hydrogen (secondary N) is 1. The number of hydrogen-bond acceptors (Lipinski definition) is 5. The van der Waals surface area contributed by atoms with E-state index in [1.807, 2.05) is 0 Å². The lowest BCUT2D eigenvalue weighted by Gasteiger charge is -2.08. The van der Waals surface area contributed by atoms with Crippen LogP contribution in [-0.4, -0.2) is 25.1 Å². The molecule has 0 fully saturated rings. The number of rotatable bonds is 4. The Bertz CT molecular complexity index is 600. The van der Waals surface area contributed by atoms with Gasteiger partial charge in [-0.3, -0.25) is 9.59 Å². The number of halogens is 1. The smallest absolute Gasteiger partial charge is 0.241 e. The number of carbonyl (C=O) groups is 2. The van der Waals surface area contributed by atoms with Gasteiger partial charge in [-0.25, -0.2) is 18.5 Å². The molecule has 3 N–H and O–H groups in total. The minimum Gasteiger partial charge on any atom is -0.309 e. The zero-order valence-electron chi connectivity index (χ0n) is 9.31. The number of hydrogen-bond donors (Lipinski definition) is 2. The van der Waals surface area contributed by atoms with Gasteiger partial charge in [0.1, 0.15) is 10.7 Å². The molecule has 1 rings (SSSR count). The normalized spacial score (nSPS) is 11.1. The van der Waals surface area contributed by atoms with Gasteiger partial charge in [-0.05, 0) is 28.9 Å². The fraction of sp³-hybridized carbons (Fsp3) is 0.222. The highest BCUT2D eigenvalue weighted by Crippen LogP contribution is 2.21. The van der Waals surface area contributed by atoms with E-state index >= 15 is 0 Å². The Kier molecular flexibility index (Phi) is 4.54. The van der Waals surface area contributed by atoms with E-state index in [4.69, 9.17) is 5.14 Å². The first-order valence-electron chi connectivity index (χ1n) is 4.68. The van der Waals surface area contributed by atoms with Gasteiger partial charge in [0.2, 0.25) is 15.9 Å². The van der Waals surface area contributed by atoms with Gasteiger partial charge in [0, 0.05) is 10.7 Å². The third-order valence-corrected chi connectivity index (χ3v) is 3.15. The molecule has 0 aliphatic heterocycles. The molecule has 0 saturated heterocycles. The first-order valence-corrected chi connectivity index (χ1v) is 7.01. The number of pyridine rings is 1. The largest absolute Gasteiger partial charge is 0.309 e. The highest BCUT2D eigenvalue weighted by molar-refractivity contribution is 9.10. The summed E-state index contributed by atoms with van der Waals surface area (Å²) in [5, 5.41) is 7.22. The number of carbonyl (C=O) groups excluding carboxylic acids is 2. The number of aromatic nitrogens is 1. The van der Waals surface area contributed by atoms with Crippen LogP contribution in [0.1, 0.15) is 13.3 Å². The summed E-state index contributed by atoms with van der Waals surface area (Å²) in [5.41, 5.74) is 0. The molecule has 0 bridgehead atoms. The fourth-order valence-corrected chi connectivity index (χ4v) is 2.28. The summed E-state index contributed by atoms with van der Waals surface area (Å²) in [4.78, 5) is 25.5. The molecule has 0 aliphatic carbocycles. The zero-order chi connectivity index (χ0) is 13.9. The van der Waals surface area contributed by atoms with E-state index in [1.54, 1.807) is 0 Å². The van der Waals surface area contributed by atoms with Crippen molar-refractivity contribution in [3.05, 3.63) is 16.7 Å². The molecule has 98 valence electrons. The van der Waals surface area contributed by atoms with Crippen LogP contribution in [0.15, 0.2) is 21.6 Å². The number of amides is 1. The molecule has 0 saturated carbocycles. The zero-order valence-corrected chi connectivity index (χ0v) is 11.7. The number of nitrogens with two attached hydrogens (primary N) is 1. The summed E-state index contributed by atoms with van der Waals surface area (Å²) >= 11 is 3.05. The van der Waals surface area contributed by atoms with Gasteiger partial charge < -0.3 is 5.32 Å². The number of primary sulfonamides is 1. The number of Topliss-reactive ketones (excluding diaryl/α,β-unsaturated/α-hetero) is 1. The Hall–Kier alpha value is -1.32. The second-order valence-corrected chi connectivity index (χ2v) is 5.92. The molecule has 0 aromatic carbocycles. The van der Waals surface area contributed by atoms with Crippen molar-refractivity contribution < 1.29 is 18.0 Å². The molecule has 0 spiro atoms. The van der Waals surface area contributed by atoms with E-state index in [0.717, 1.165) is 0 Å². The molecule has 18 heavy (non-hydrogen) atoms. The number of sulfonamides is 1. The molecular weight excluding hydrogens is 326 g/mol. The van der Waals surface area contributed by atoms with Crippen LogP contribution in [0.5, 0.6) is 0 Å². The Labute approximate surface area is 112 Å². The number of nitrogens with zero attached hydrogens (tertiary/aromatic N) is 1. The lowest BCUT2D eigenvalue weighted by molar-refractivity contribution is -0.124. The molecule has 1 heterocycles. The van der Waals surface area contributed by atoms with E-state index in [0.29, 0.717) is 4.47 Å². The van der Waals surface area contributed by atoms with Gasteiger partial charge in [0.25, 0.3) is 0 Å². The standard InChI is InChI=1S/C9H10BrN3O4S/c1-5(14)2-8(15)13-9-7(18(11,16)17)3-6(10)4-12-9/h3-4H,2H2,1H3,(H2,11,16,17)(H,12,13,15). The second-order valence-electron chi connectivity index (χ2n) is 3.47. The van der Waals surface area contributed by atoms with Crippen molar-refractivity contribution in [2.45, 2.75) is 18.2 Å². The minimum absolute atomic E-state index is 0.202. The molecule has 7 nitrogen and oxygen atoms in total. The predicted molar refractivity (Wildman–Crippen MR) is 67.2 cm³/mol. The molecule has 1 aromatic heterocycles. The number of anilines is 1. The quantitative estimate of drug-likeness (QED) is 0.772. The van der Waals surface area contributed by atoms with Gasteiger partial charge in [0.05, 0.1) is 6.42 Å². The molecule has 9 heteroatoms. The summed E-state index contributed by atoms with van der Waals surface area (Å²) in [7, 11) is -4.02. The highest BCUT2D eigenvalue weighted by atomic mass is 79.9. The molecule has 0 aliphatic rings. The summed E-state index contributed by atoms with van der Waals surface area (Å²) in [6, 6.07) is 1.21. The molecule has 0 unspecified atom stereocenters. The summed E-state index contributed by atoms with van der Waals surface area (Å²) in [6.07, 6.45) is 0.944. The summed E-state index contributed by atoms with van der Waals surface area (Å²) in [6.45, 7) is 1.25. The van der Waals surface area contributed by atoms with Gasteiger partial charge in [0.15, 0.2) is 5.82 Å². The summed E-state index contributed by atoms with van der Waals surface area (Å²) in [5.74, 6) is -1.20. The molecule has 0 atom stereocenters. The maximum Gasteiger partial charge on any atom is 0.241 e. The van der Waals surface area contributed by atoms with Crippen LogP contribution in [0.3, 0.4) is 0 Å². The SMILES string of the molecule is CC(=O)CC(=O)Nc1ncc(Br)cc1S(N)(=O)=O. The fourth-order valence-electron chi connectivity index (χ4n) is 1.13. The van der Waals surface area contributed by atoms with E-state index < -0.39 is 15.9 Å². The van der Waals surface area contributed by atoms with Crippen molar-refractivity contribution in [2.75, 3.05) is 5.32 Å². The van der Waals surface area contributed by atoms with Crippen molar-refractivity contribution in [3.8, 4) is 0 Å². The maximum atomic E-state index is 11.4. The van der Waals surface area contributed by atoms with Crippen molar-refractivity contribution in [1.82, 2.24) is 4.98 Å². The predicted octanol–water partition coefficient (Wildman–Crippen LogP) is 0.409. The van der Waals surface area contributed by atoms with Gasteiger partial charge in [-0.15, -0.1) is 0 Å². The van der Waals surface area contributed by atoms with Crippen molar-refractivity contribution in [3.63, 3.8) is 0 Å². The summed E-state index contributed by atoms with van der Waals surface area (Å²) < 4.78 is 23.0. The lowest BCUT2D eigenvalue weighted by Crippen LogP contribution is -2.20. The Morgan fingerprint density at radius 1 is 1.50 bits per heavy atom. The molecule has 1 aromatic rings. The molecule has 1 amide bonds. The topological polar surface area (TPSA) is 119 Å². The maximum absolute atomic E-state index is 11.4. The van der Waals surface area contributed by atoms with Crippen molar-refractivity contribution >= 4 is 43.5 Å². The first kappa shape index (κ1) is 14.7. The van der Waals surface area contributed by atoms with Crippen LogP contribution in [0.2, 0.25) is 0 Å². The van der Waals surface area contributed by atoms with E-state index in [9.17, 15) is 18.0 Å². The van der Waals surface area contributed by atoms with E-state index in [-0.39, 0.29) is 22.9 Å². The van der Waals surface area contributed by atoms with Crippen molar-refractivity contribution in [1.29, 1.82) is 0 Å². The average Bonchev–Trinajstić information content (AvgIpc) is 2.17. The first-order chi connectivity index (χ1) is 8.20. The average molecular weight is 336 g/mol. The van der Waals surface area contributed by atoms with Crippen LogP contribution in [-0.2, 0) is 19.6 Å². The third-order valence-electron chi connectivity index (χ3n) is 1.79. The van der Waals surface area contributed by atoms with E-state index in [1.165, 1.54) is 19.2 Å². The highest BCUT2D eigenvalue weighted by Gasteiger charge is 2.18. The van der Waals surface area contributed by atoms with Crippen LogP contribution < -0.4 is 10.5 Å². The van der Waals surface area contributed by atoms with Gasteiger partial charge in [-0.2, -0.15) is 0 Å². The van der Waals surface area contributed by atoms with E-state index in [2.05, 4.69) is 26.2 Å². The molecule has 0 radical (unpaired) electrons. The van der Waals surface area contributed by atoms with Crippen LogP contribution in [0, 0.1) is 0 Å². The monoisotopic (exact) mass is 335 g/mol. The Morgan fingerprint density at radius 2 is 2.11 bits per heavy atom. The van der Waals surface area contributed by atoms with Crippen LogP contribution in [0.25, 0.3) is 0 Å². The minimum atomic E-state index is -4.02. The van der Waals surface area contributed by atoms with Crippen LogP contribution >= 0.6 is 15.9 Å².